The van der Waals surface area contributed by atoms with Gasteiger partial charge >= 0.3 is 0 Å². The first kappa shape index (κ1) is 12.5. The Balaban J connectivity index is 2.73. The molecule has 0 heterocycles. The van der Waals surface area contributed by atoms with Gasteiger partial charge in [-0.2, -0.15) is 0 Å². The summed E-state index contributed by atoms with van der Waals surface area (Å²) in [5, 5.41) is 2.79. The van der Waals surface area contributed by atoms with Crippen LogP contribution in [0.25, 0.3) is 0 Å². The Morgan fingerprint density at radius 3 is 2.80 bits per heavy atom. The Labute approximate surface area is 103 Å². The van der Waals surface area contributed by atoms with Gasteiger partial charge in [0.25, 0.3) is 0 Å². The molecule has 1 aromatic carbocycles. The molecule has 0 spiro atoms. The molecule has 0 aliphatic rings. The van der Waals surface area contributed by atoms with Gasteiger partial charge in [0.1, 0.15) is 0 Å². The molecule has 4 heteroatoms. The molecule has 0 atom stereocenters. The summed E-state index contributed by atoms with van der Waals surface area (Å²) in [6, 6.07) is 5.91. The number of carbonyl (C=O) groups excluding carboxylic acids is 1. The highest BCUT2D eigenvalue weighted by atomic mass is 79.9. The summed E-state index contributed by atoms with van der Waals surface area (Å²) in [5.74, 6) is 0.284. The first-order valence-electron chi connectivity index (χ1n) is 4.81. The van der Waals surface area contributed by atoms with E-state index in [1.54, 1.807) is 0 Å². The first-order chi connectivity index (χ1) is 7.17. The monoisotopic (exact) mass is 289 g/mol. The lowest BCUT2D eigenvalue weighted by Gasteiger charge is -2.07. The highest BCUT2D eigenvalue weighted by Gasteiger charge is 2.05. The number of alkyl halides is 1. The van der Waals surface area contributed by atoms with Crippen LogP contribution in [0.1, 0.15) is 18.9 Å². The predicted octanol–water partition coefficient (Wildman–Crippen LogP) is 3.58. The van der Waals surface area contributed by atoms with Gasteiger partial charge in [-0.25, -0.2) is 0 Å². The molecule has 0 aliphatic heterocycles. The minimum absolute atomic E-state index is 0.0602. The number of aryl methyl sites for hydroxylation is 1. The van der Waals surface area contributed by atoms with Crippen molar-refractivity contribution in [2.24, 2.45) is 0 Å². The Morgan fingerprint density at radius 1 is 1.53 bits per heavy atom. The lowest BCUT2D eigenvalue weighted by atomic mass is 10.1. The van der Waals surface area contributed by atoms with Gasteiger partial charge < -0.3 is 5.32 Å². The number of amides is 1. The van der Waals surface area contributed by atoms with Crippen molar-refractivity contribution in [3.63, 3.8) is 0 Å². The van der Waals surface area contributed by atoms with E-state index in [1.807, 2.05) is 18.2 Å². The summed E-state index contributed by atoms with van der Waals surface area (Å²) < 4.78 is 0.907. The number of anilines is 1. The van der Waals surface area contributed by atoms with Crippen LogP contribution in [0.5, 0.6) is 0 Å². The molecule has 0 unspecified atom stereocenters. The second kappa shape index (κ2) is 6.13. The van der Waals surface area contributed by atoms with E-state index in [0.29, 0.717) is 12.3 Å². The van der Waals surface area contributed by atoms with Gasteiger partial charge in [0.05, 0.1) is 5.69 Å². The minimum Gasteiger partial charge on any atom is -0.325 e. The average molecular weight is 291 g/mol. The largest absolute Gasteiger partial charge is 0.325 e. The number of carbonyl (C=O) groups is 1. The Hall–Kier alpha value is -0.540. The molecule has 1 amide bonds. The van der Waals surface area contributed by atoms with Crippen LogP contribution in [0, 0.1) is 0 Å². The third kappa shape index (κ3) is 3.84. The van der Waals surface area contributed by atoms with Crippen molar-refractivity contribution in [2.45, 2.75) is 19.8 Å². The molecule has 1 aromatic rings. The smallest absolute Gasteiger partial charge is 0.225 e. The topological polar surface area (TPSA) is 29.1 Å². The maximum absolute atomic E-state index is 11.3. The molecule has 0 radical (unpaired) electrons. The Kier molecular flexibility index (Phi) is 5.12. The van der Waals surface area contributed by atoms with Crippen LogP contribution >= 0.6 is 27.5 Å². The highest BCUT2D eigenvalue weighted by Crippen LogP contribution is 2.24. The van der Waals surface area contributed by atoms with Crippen molar-refractivity contribution in [1.29, 1.82) is 0 Å². The fourth-order valence-electron chi connectivity index (χ4n) is 1.18. The molecule has 0 aromatic heterocycles. The summed E-state index contributed by atoms with van der Waals surface area (Å²) in [4.78, 5) is 11.3. The molecule has 1 rings (SSSR count). The SMILES string of the molecule is CCc1ccc(NC(=O)CCCl)c(Br)c1. The maximum atomic E-state index is 11.3. The number of hydrogen-bond acceptors (Lipinski definition) is 1. The number of rotatable bonds is 4. The van der Waals surface area contributed by atoms with Gasteiger partial charge in [0.2, 0.25) is 5.91 Å². The molecule has 82 valence electrons. The maximum Gasteiger partial charge on any atom is 0.225 e. The highest BCUT2D eigenvalue weighted by molar-refractivity contribution is 9.10. The summed E-state index contributed by atoms with van der Waals surface area (Å²) in [5.41, 5.74) is 2.03. The van der Waals surface area contributed by atoms with Gasteiger partial charge in [-0.3, -0.25) is 4.79 Å². The van der Waals surface area contributed by atoms with E-state index in [0.717, 1.165) is 16.6 Å². The van der Waals surface area contributed by atoms with Crippen molar-refractivity contribution in [1.82, 2.24) is 0 Å². The number of nitrogens with one attached hydrogen (secondary N) is 1. The van der Waals surface area contributed by atoms with Gasteiger partial charge in [-0.05, 0) is 40.0 Å². The van der Waals surface area contributed by atoms with Crippen molar-refractivity contribution in [3.8, 4) is 0 Å². The summed E-state index contributed by atoms with van der Waals surface area (Å²) in [7, 11) is 0. The van der Waals surface area contributed by atoms with Crippen LogP contribution in [0.3, 0.4) is 0 Å². The summed E-state index contributed by atoms with van der Waals surface area (Å²) in [6.07, 6.45) is 1.32. The number of hydrogen-bond donors (Lipinski definition) is 1. The molecular formula is C11H13BrClNO. The van der Waals surface area contributed by atoms with Crippen molar-refractivity contribution >= 4 is 39.1 Å². The zero-order valence-corrected chi connectivity index (χ0v) is 10.9. The predicted molar refractivity (Wildman–Crippen MR) is 67.5 cm³/mol. The van der Waals surface area contributed by atoms with Crippen molar-refractivity contribution in [2.75, 3.05) is 11.2 Å². The normalized spacial score (nSPS) is 10.1. The van der Waals surface area contributed by atoms with Crippen LogP contribution in [0.4, 0.5) is 5.69 Å². The van der Waals surface area contributed by atoms with Gasteiger partial charge in [0.15, 0.2) is 0 Å². The van der Waals surface area contributed by atoms with E-state index in [1.165, 1.54) is 5.56 Å². The second-order valence-corrected chi connectivity index (χ2v) is 4.39. The number of halogens is 2. The van der Waals surface area contributed by atoms with E-state index < -0.39 is 0 Å². The standard InChI is InChI=1S/C11H13BrClNO/c1-2-8-3-4-10(9(12)7-8)14-11(15)5-6-13/h3-4,7H,2,5-6H2,1H3,(H,14,15). The van der Waals surface area contributed by atoms with E-state index in [-0.39, 0.29) is 5.91 Å². The van der Waals surface area contributed by atoms with E-state index in [9.17, 15) is 4.79 Å². The molecule has 1 N–H and O–H groups in total. The van der Waals surface area contributed by atoms with E-state index >= 15 is 0 Å². The summed E-state index contributed by atoms with van der Waals surface area (Å²) >= 11 is 8.90. The van der Waals surface area contributed by atoms with Gasteiger partial charge in [-0.15, -0.1) is 11.6 Å². The first-order valence-corrected chi connectivity index (χ1v) is 6.14. The molecule has 0 aliphatic carbocycles. The minimum atomic E-state index is -0.0602. The fraction of sp³-hybridized carbons (Fsp3) is 0.364. The van der Waals surface area contributed by atoms with Gasteiger partial charge in [0, 0.05) is 16.8 Å². The number of benzene rings is 1. The summed E-state index contributed by atoms with van der Waals surface area (Å²) in [6.45, 7) is 2.09. The molecule has 15 heavy (non-hydrogen) atoms. The third-order valence-corrected chi connectivity index (χ3v) is 2.88. The van der Waals surface area contributed by atoms with Crippen LogP contribution < -0.4 is 5.32 Å². The molecule has 0 saturated carbocycles. The lowest BCUT2D eigenvalue weighted by Crippen LogP contribution is -2.12. The molecule has 0 saturated heterocycles. The van der Waals surface area contributed by atoms with E-state index in [2.05, 4.69) is 28.2 Å². The van der Waals surface area contributed by atoms with Crippen LogP contribution in [-0.4, -0.2) is 11.8 Å². The van der Waals surface area contributed by atoms with Crippen LogP contribution in [0.2, 0.25) is 0 Å². The van der Waals surface area contributed by atoms with Crippen molar-refractivity contribution < 1.29 is 4.79 Å². The van der Waals surface area contributed by atoms with E-state index in [4.69, 9.17) is 11.6 Å². The van der Waals surface area contributed by atoms with Crippen LogP contribution in [0.15, 0.2) is 22.7 Å². The molecule has 2 nitrogen and oxygen atoms in total. The molecule has 0 bridgehead atoms. The lowest BCUT2D eigenvalue weighted by molar-refractivity contribution is -0.115. The average Bonchev–Trinajstić information content (AvgIpc) is 2.21. The Morgan fingerprint density at radius 2 is 2.27 bits per heavy atom. The van der Waals surface area contributed by atoms with Crippen molar-refractivity contribution in [3.05, 3.63) is 28.2 Å². The quantitative estimate of drug-likeness (QED) is 0.844. The Bertz CT molecular complexity index is 354. The van der Waals surface area contributed by atoms with Crippen LogP contribution in [-0.2, 0) is 11.2 Å². The second-order valence-electron chi connectivity index (χ2n) is 3.15. The molecular weight excluding hydrogens is 277 g/mol. The van der Waals surface area contributed by atoms with Gasteiger partial charge in [-0.1, -0.05) is 13.0 Å². The zero-order chi connectivity index (χ0) is 11.3. The fourth-order valence-corrected chi connectivity index (χ4v) is 1.88. The molecule has 0 fully saturated rings. The third-order valence-electron chi connectivity index (χ3n) is 2.04. The zero-order valence-electron chi connectivity index (χ0n) is 8.52.